The first-order valence-electron chi connectivity index (χ1n) is 7.71. The van der Waals surface area contributed by atoms with Crippen molar-refractivity contribution in [2.45, 2.75) is 12.8 Å². The van der Waals surface area contributed by atoms with Crippen LogP contribution in [0.3, 0.4) is 0 Å². The Morgan fingerprint density at radius 3 is 2.24 bits per heavy atom. The topological polar surface area (TPSA) is 84.2 Å². The van der Waals surface area contributed by atoms with Gasteiger partial charge in [0, 0.05) is 0 Å². The third-order valence-corrected chi connectivity index (χ3v) is 3.33. The molecule has 0 fully saturated rings. The maximum absolute atomic E-state index is 11.2. The number of methoxy groups -OCH3 is 2. The Hall–Kier alpha value is -2.96. The van der Waals surface area contributed by atoms with Crippen LogP contribution in [-0.2, 0) is 19.1 Å². The van der Waals surface area contributed by atoms with Gasteiger partial charge in [0.05, 0.1) is 52.1 Å². The van der Waals surface area contributed by atoms with Gasteiger partial charge in [-0.3, -0.25) is 9.59 Å². The summed E-state index contributed by atoms with van der Waals surface area (Å²) in [4.78, 5) is 22.3. The van der Waals surface area contributed by atoms with Crippen molar-refractivity contribution in [1.82, 2.24) is 0 Å². The van der Waals surface area contributed by atoms with Crippen LogP contribution in [0, 0.1) is 0 Å². The van der Waals surface area contributed by atoms with E-state index < -0.39 is 0 Å². The summed E-state index contributed by atoms with van der Waals surface area (Å²) >= 11 is 0. The molecule has 0 unspecified atom stereocenters. The molecule has 7 nitrogen and oxygen atoms in total. The summed E-state index contributed by atoms with van der Waals surface area (Å²) < 4.78 is 25.8. The third-order valence-electron chi connectivity index (χ3n) is 3.33. The third kappa shape index (κ3) is 5.56. The molecule has 0 aliphatic rings. The number of rotatable bonds is 9. The summed E-state index contributed by atoms with van der Waals surface area (Å²) in [7, 11) is 2.66. The molecular weight excluding hydrogens is 328 g/mol. The summed E-state index contributed by atoms with van der Waals surface area (Å²) in [6.45, 7) is 0.385. The van der Waals surface area contributed by atoms with Crippen LogP contribution in [0.15, 0.2) is 41.0 Å². The molecule has 0 spiro atoms. The van der Waals surface area contributed by atoms with E-state index in [1.54, 1.807) is 36.6 Å². The fourth-order valence-corrected chi connectivity index (χ4v) is 2.05. The lowest BCUT2D eigenvalue weighted by Crippen LogP contribution is -2.08. The number of ether oxygens (including phenoxy) is 4. The zero-order valence-electron chi connectivity index (χ0n) is 14.2. The Morgan fingerprint density at radius 1 is 0.960 bits per heavy atom. The minimum Gasteiger partial charge on any atom is -0.493 e. The van der Waals surface area contributed by atoms with Gasteiger partial charge in [0.1, 0.15) is 17.3 Å². The van der Waals surface area contributed by atoms with Gasteiger partial charge in [0.2, 0.25) is 0 Å². The van der Waals surface area contributed by atoms with E-state index in [2.05, 4.69) is 9.47 Å². The van der Waals surface area contributed by atoms with Crippen molar-refractivity contribution < 1.29 is 33.0 Å². The molecule has 0 saturated carbocycles. The zero-order valence-corrected chi connectivity index (χ0v) is 14.2. The van der Waals surface area contributed by atoms with Gasteiger partial charge in [-0.2, -0.15) is 0 Å². The lowest BCUT2D eigenvalue weighted by Gasteiger charge is -2.12. The molecule has 25 heavy (non-hydrogen) atoms. The molecule has 1 aromatic heterocycles. The molecule has 0 saturated heterocycles. The van der Waals surface area contributed by atoms with Crippen LogP contribution in [0.4, 0.5) is 0 Å². The van der Waals surface area contributed by atoms with Crippen LogP contribution >= 0.6 is 0 Å². The second kappa shape index (κ2) is 9.36. The number of esters is 2. The van der Waals surface area contributed by atoms with Gasteiger partial charge >= 0.3 is 11.9 Å². The van der Waals surface area contributed by atoms with E-state index >= 15 is 0 Å². The van der Waals surface area contributed by atoms with Crippen LogP contribution < -0.4 is 9.47 Å². The fourth-order valence-electron chi connectivity index (χ4n) is 2.05. The molecule has 0 amide bonds. The Kier molecular flexibility index (Phi) is 6.88. The van der Waals surface area contributed by atoms with Crippen molar-refractivity contribution in [3.63, 3.8) is 0 Å². The largest absolute Gasteiger partial charge is 0.493 e. The first-order chi connectivity index (χ1) is 12.1. The Bertz CT molecular complexity index is 691. The first kappa shape index (κ1) is 18.4. The van der Waals surface area contributed by atoms with E-state index in [0.29, 0.717) is 22.8 Å². The van der Waals surface area contributed by atoms with Crippen LogP contribution in [0.2, 0.25) is 0 Å². The van der Waals surface area contributed by atoms with Crippen LogP contribution in [0.25, 0.3) is 11.3 Å². The van der Waals surface area contributed by atoms with Gasteiger partial charge in [-0.15, -0.1) is 0 Å². The second-order valence-corrected chi connectivity index (χ2v) is 4.98. The van der Waals surface area contributed by atoms with Gasteiger partial charge in [-0.25, -0.2) is 0 Å². The summed E-state index contributed by atoms with van der Waals surface area (Å²) in [6.07, 6.45) is 1.85. The van der Waals surface area contributed by atoms with E-state index in [0.717, 1.165) is 0 Å². The minimum absolute atomic E-state index is 0.144. The molecule has 0 aliphatic carbocycles. The van der Waals surface area contributed by atoms with Crippen molar-refractivity contribution in [1.29, 1.82) is 0 Å². The molecule has 2 rings (SSSR count). The zero-order chi connectivity index (χ0) is 18.1. The Balaban J connectivity index is 2.08. The molecule has 1 heterocycles. The quantitative estimate of drug-likeness (QED) is 0.644. The standard InChI is InChI=1S/C18H20O7/c1-21-17(19)7-10-23-13-5-6-16(25-11-8-18(20)22-2)14(12-13)15-4-3-9-24-15/h3-6,9,12H,7-8,10-11H2,1-2H3. The predicted octanol–water partition coefficient (Wildman–Crippen LogP) is 2.83. The van der Waals surface area contributed by atoms with E-state index in [9.17, 15) is 9.59 Å². The second-order valence-electron chi connectivity index (χ2n) is 4.98. The summed E-state index contributed by atoms with van der Waals surface area (Å²) in [5.74, 6) is 1.04. The smallest absolute Gasteiger partial charge is 0.308 e. The predicted molar refractivity (Wildman–Crippen MR) is 88.4 cm³/mol. The van der Waals surface area contributed by atoms with Crippen molar-refractivity contribution in [2.75, 3.05) is 27.4 Å². The van der Waals surface area contributed by atoms with Gasteiger partial charge in [-0.1, -0.05) is 0 Å². The van der Waals surface area contributed by atoms with Crippen molar-refractivity contribution in [3.05, 3.63) is 36.6 Å². The molecule has 134 valence electrons. The van der Waals surface area contributed by atoms with Crippen LogP contribution in [0.1, 0.15) is 12.8 Å². The number of carbonyl (C=O) groups is 2. The van der Waals surface area contributed by atoms with E-state index in [1.165, 1.54) is 14.2 Å². The molecule has 0 aliphatic heterocycles. The molecule has 2 aromatic rings. The highest BCUT2D eigenvalue weighted by Gasteiger charge is 2.12. The van der Waals surface area contributed by atoms with Crippen LogP contribution in [-0.4, -0.2) is 39.4 Å². The normalized spacial score (nSPS) is 10.2. The van der Waals surface area contributed by atoms with Gasteiger partial charge in [0.25, 0.3) is 0 Å². The Morgan fingerprint density at radius 2 is 1.64 bits per heavy atom. The summed E-state index contributed by atoms with van der Waals surface area (Å²) in [5, 5.41) is 0. The van der Waals surface area contributed by atoms with E-state index in [4.69, 9.17) is 13.9 Å². The fraction of sp³-hybridized carbons (Fsp3) is 0.333. The molecule has 0 bridgehead atoms. The number of furan rings is 1. The van der Waals surface area contributed by atoms with Gasteiger partial charge in [0.15, 0.2) is 0 Å². The number of hydrogen-bond donors (Lipinski definition) is 0. The molecular formula is C18H20O7. The lowest BCUT2D eigenvalue weighted by molar-refractivity contribution is -0.142. The summed E-state index contributed by atoms with van der Waals surface area (Å²) in [5.41, 5.74) is 0.686. The van der Waals surface area contributed by atoms with Crippen molar-refractivity contribution in [3.8, 4) is 22.8 Å². The van der Waals surface area contributed by atoms with E-state index in [1.807, 2.05) is 0 Å². The number of benzene rings is 1. The van der Waals surface area contributed by atoms with Crippen LogP contribution in [0.5, 0.6) is 11.5 Å². The molecule has 1 aromatic carbocycles. The highest BCUT2D eigenvalue weighted by Crippen LogP contribution is 2.34. The average molecular weight is 348 g/mol. The number of carbonyl (C=O) groups excluding carboxylic acids is 2. The lowest BCUT2D eigenvalue weighted by atomic mass is 10.1. The number of hydrogen-bond acceptors (Lipinski definition) is 7. The van der Waals surface area contributed by atoms with Crippen molar-refractivity contribution in [2.24, 2.45) is 0 Å². The Labute approximate surface area is 145 Å². The molecule has 0 N–H and O–H groups in total. The average Bonchev–Trinajstić information content (AvgIpc) is 3.16. The minimum atomic E-state index is -0.345. The maximum atomic E-state index is 11.2. The van der Waals surface area contributed by atoms with Gasteiger partial charge < -0.3 is 23.4 Å². The maximum Gasteiger partial charge on any atom is 0.308 e. The van der Waals surface area contributed by atoms with Gasteiger partial charge in [-0.05, 0) is 30.3 Å². The first-order valence-corrected chi connectivity index (χ1v) is 7.71. The highest BCUT2D eigenvalue weighted by molar-refractivity contribution is 5.70. The molecule has 0 radical (unpaired) electrons. The monoisotopic (exact) mass is 348 g/mol. The highest BCUT2D eigenvalue weighted by atomic mass is 16.5. The van der Waals surface area contributed by atoms with E-state index in [-0.39, 0.29) is 38.0 Å². The summed E-state index contributed by atoms with van der Waals surface area (Å²) in [6, 6.07) is 8.75. The molecule has 7 heteroatoms. The molecule has 0 atom stereocenters. The SMILES string of the molecule is COC(=O)CCOc1ccc(OCCC(=O)OC)c(-c2ccco2)c1. The van der Waals surface area contributed by atoms with Crippen molar-refractivity contribution >= 4 is 11.9 Å².